The first-order valence-corrected chi connectivity index (χ1v) is 7.13. The SMILES string of the molecule is CC(C)C1CCN(C2CNCCC2C)CC1. The van der Waals surface area contributed by atoms with Crippen molar-refractivity contribution in [3.05, 3.63) is 0 Å². The van der Waals surface area contributed by atoms with E-state index in [0.717, 1.165) is 23.8 Å². The quantitative estimate of drug-likeness (QED) is 0.774. The van der Waals surface area contributed by atoms with Gasteiger partial charge in [0.15, 0.2) is 0 Å². The van der Waals surface area contributed by atoms with Gasteiger partial charge in [0.1, 0.15) is 0 Å². The van der Waals surface area contributed by atoms with E-state index in [0.29, 0.717) is 0 Å². The molecule has 2 nitrogen and oxygen atoms in total. The van der Waals surface area contributed by atoms with Crippen LogP contribution < -0.4 is 5.32 Å². The molecule has 0 bridgehead atoms. The molecule has 2 rings (SSSR count). The molecule has 94 valence electrons. The second-order valence-electron chi connectivity index (χ2n) is 6.15. The van der Waals surface area contributed by atoms with Gasteiger partial charge in [-0.1, -0.05) is 20.8 Å². The molecule has 2 aliphatic heterocycles. The molecule has 0 aliphatic carbocycles. The van der Waals surface area contributed by atoms with Crippen LogP contribution in [0.25, 0.3) is 0 Å². The largest absolute Gasteiger partial charge is 0.315 e. The molecule has 2 heteroatoms. The Morgan fingerprint density at radius 1 is 1.12 bits per heavy atom. The molecule has 0 saturated carbocycles. The van der Waals surface area contributed by atoms with Crippen molar-refractivity contribution < 1.29 is 0 Å². The van der Waals surface area contributed by atoms with Gasteiger partial charge in [-0.3, -0.25) is 4.90 Å². The van der Waals surface area contributed by atoms with Gasteiger partial charge >= 0.3 is 0 Å². The molecule has 0 amide bonds. The number of rotatable bonds is 2. The summed E-state index contributed by atoms with van der Waals surface area (Å²) in [6.45, 7) is 12.3. The molecule has 0 radical (unpaired) electrons. The molecule has 0 aromatic heterocycles. The molecule has 1 N–H and O–H groups in total. The summed E-state index contributed by atoms with van der Waals surface area (Å²) in [4.78, 5) is 2.75. The highest BCUT2D eigenvalue weighted by molar-refractivity contribution is 4.86. The second kappa shape index (κ2) is 5.50. The van der Waals surface area contributed by atoms with Gasteiger partial charge in [0, 0.05) is 12.6 Å². The van der Waals surface area contributed by atoms with Gasteiger partial charge in [0.05, 0.1) is 0 Å². The lowest BCUT2D eigenvalue weighted by atomic mass is 9.84. The summed E-state index contributed by atoms with van der Waals surface area (Å²) in [5, 5.41) is 3.55. The van der Waals surface area contributed by atoms with Crippen molar-refractivity contribution in [2.75, 3.05) is 26.2 Å². The van der Waals surface area contributed by atoms with Gasteiger partial charge in [-0.05, 0) is 56.7 Å². The van der Waals surface area contributed by atoms with E-state index in [2.05, 4.69) is 31.0 Å². The van der Waals surface area contributed by atoms with Gasteiger partial charge in [0.2, 0.25) is 0 Å². The van der Waals surface area contributed by atoms with Crippen LogP contribution in [0.1, 0.15) is 40.0 Å². The van der Waals surface area contributed by atoms with Gasteiger partial charge in [-0.15, -0.1) is 0 Å². The summed E-state index contributed by atoms with van der Waals surface area (Å²) in [6, 6.07) is 0.807. The summed E-state index contributed by atoms with van der Waals surface area (Å²) in [5.41, 5.74) is 0. The zero-order chi connectivity index (χ0) is 11.5. The number of nitrogens with zero attached hydrogens (tertiary/aromatic N) is 1. The Balaban J connectivity index is 1.83. The van der Waals surface area contributed by atoms with Crippen LogP contribution in [0.4, 0.5) is 0 Å². The standard InChI is InChI=1S/C14H28N2/c1-11(2)13-5-8-16(9-6-13)14-10-15-7-4-12(14)3/h11-15H,4-10H2,1-3H3. The molecule has 0 aromatic rings. The molecule has 2 saturated heterocycles. The molecule has 0 spiro atoms. The van der Waals surface area contributed by atoms with Crippen molar-refractivity contribution in [2.24, 2.45) is 17.8 Å². The van der Waals surface area contributed by atoms with E-state index in [1.54, 1.807) is 0 Å². The molecule has 16 heavy (non-hydrogen) atoms. The second-order valence-corrected chi connectivity index (χ2v) is 6.15. The zero-order valence-electron chi connectivity index (χ0n) is 11.2. The van der Waals surface area contributed by atoms with Crippen LogP contribution in [0.15, 0.2) is 0 Å². The van der Waals surface area contributed by atoms with E-state index >= 15 is 0 Å². The highest BCUT2D eigenvalue weighted by Crippen LogP contribution is 2.28. The Morgan fingerprint density at radius 2 is 1.81 bits per heavy atom. The summed E-state index contributed by atoms with van der Waals surface area (Å²) in [5.74, 6) is 2.74. The Kier molecular flexibility index (Phi) is 4.26. The Labute approximate surface area is 101 Å². The Hall–Kier alpha value is -0.0800. The van der Waals surface area contributed by atoms with Crippen LogP contribution in [0.5, 0.6) is 0 Å². The average Bonchev–Trinajstić information content (AvgIpc) is 2.30. The number of piperidine rings is 2. The molecule has 0 aromatic carbocycles. The molecular weight excluding hydrogens is 196 g/mol. The smallest absolute Gasteiger partial charge is 0.0246 e. The Morgan fingerprint density at radius 3 is 2.38 bits per heavy atom. The Bertz CT molecular complexity index is 207. The highest BCUT2D eigenvalue weighted by Gasteiger charge is 2.30. The predicted molar refractivity (Wildman–Crippen MR) is 69.6 cm³/mol. The lowest BCUT2D eigenvalue weighted by Crippen LogP contribution is -2.53. The lowest BCUT2D eigenvalue weighted by Gasteiger charge is -2.43. The first-order chi connectivity index (χ1) is 7.68. The summed E-state index contributed by atoms with van der Waals surface area (Å²) in [7, 11) is 0. The van der Waals surface area contributed by atoms with E-state index < -0.39 is 0 Å². The first-order valence-electron chi connectivity index (χ1n) is 7.13. The van der Waals surface area contributed by atoms with Crippen LogP contribution in [0.2, 0.25) is 0 Å². The highest BCUT2D eigenvalue weighted by atomic mass is 15.2. The third-order valence-electron chi connectivity index (χ3n) is 4.77. The fourth-order valence-electron chi connectivity index (χ4n) is 3.38. The van der Waals surface area contributed by atoms with Crippen molar-refractivity contribution in [2.45, 2.75) is 46.1 Å². The van der Waals surface area contributed by atoms with E-state index in [-0.39, 0.29) is 0 Å². The molecule has 2 atom stereocenters. The monoisotopic (exact) mass is 224 g/mol. The van der Waals surface area contributed by atoms with Crippen molar-refractivity contribution in [3.8, 4) is 0 Å². The predicted octanol–water partition coefficient (Wildman–Crippen LogP) is 2.35. The summed E-state index contributed by atoms with van der Waals surface area (Å²) in [6.07, 6.45) is 4.19. The molecule has 2 heterocycles. The summed E-state index contributed by atoms with van der Waals surface area (Å²) < 4.78 is 0. The van der Waals surface area contributed by atoms with Crippen LogP contribution in [0.3, 0.4) is 0 Å². The fourth-order valence-corrected chi connectivity index (χ4v) is 3.38. The average molecular weight is 224 g/mol. The van der Waals surface area contributed by atoms with Gasteiger partial charge in [0.25, 0.3) is 0 Å². The number of hydrogen-bond acceptors (Lipinski definition) is 2. The van der Waals surface area contributed by atoms with Crippen molar-refractivity contribution in [1.29, 1.82) is 0 Å². The topological polar surface area (TPSA) is 15.3 Å². The molecular formula is C14H28N2. The molecule has 2 unspecified atom stereocenters. The minimum Gasteiger partial charge on any atom is -0.315 e. The number of nitrogens with one attached hydrogen (secondary N) is 1. The molecule has 2 aliphatic rings. The van der Waals surface area contributed by atoms with Crippen molar-refractivity contribution in [1.82, 2.24) is 10.2 Å². The maximum Gasteiger partial charge on any atom is 0.0246 e. The van der Waals surface area contributed by atoms with Crippen LogP contribution in [-0.2, 0) is 0 Å². The van der Waals surface area contributed by atoms with E-state index in [1.807, 2.05) is 0 Å². The molecule has 2 fully saturated rings. The lowest BCUT2D eigenvalue weighted by molar-refractivity contribution is 0.0726. The van der Waals surface area contributed by atoms with Gasteiger partial charge in [-0.2, -0.15) is 0 Å². The minimum atomic E-state index is 0.807. The van der Waals surface area contributed by atoms with E-state index in [1.165, 1.54) is 45.4 Å². The van der Waals surface area contributed by atoms with Gasteiger partial charge in [-0.25, -0.2) is 0 Å². The van der Waals surface area contributed by atoms with E-state index in [9.17, 15) is 0 Å². The third-order valence-corrected chi connectivity index (χ3v) is 4.77. The number of likely N-dealkylation sites (tertiary alicyclic amines) is 1. The normalized spacial score (nSPS) is 34.5. The summed E-state index contributed by atoms with van der Waals surface area (Å²) >= 11 is 0. The third kappa shape index (κ3) is 2.78. The van der Waals surface area contributed by atoms with Crippen molar-refractivity contribution >= 4 is 0 Å². The van der Waals surface area contributed by atoms with Crippen LogP contribution >= 0.6 is 0 Å². The van der Waals surface area contributed by atoms with Crippen LogP contribution in [-0.4, -0.2) is 37.1 Å². The van der Waals surface area contributed by atoms with Crippen molar-refractivity contribution in [3.63, 3.8) is 0 Å². The maximum absolute atomic E-state index is 3.55. The van der Waals surface area contributed by atoms with E-state index in [4.69, 9.17) is 0 Å². The van der Waals surface area contributed by atoms with Gasteiger partial charge < -0.3 is 5.32 Å². The zero-order valence-corrected chi connectivity index (χ0v) is 11.2. The minimum absolute atomic E-state index is 0.807. The maximum atomic E-state index is 3.55. The first kappa shape index (κ1) is 12.4. The number of hydrogen-bond donors (Lipinski definition) is 1. The van der Waals surface area contributed by atoms with Crippen LogP contribution in [0, 0.1) is 17.8 Å². The fraction of sp³-hybridized carbons (Fsp3) is 1.00.